The van der Waals surface area contributed by atoms with Crippen LogP contribution in [0.3, 0.4) is 0 Å². The molecule has 0 aromatic heterocycles. The number of halogens is 1. The first-order chi connectivity index (χ1) is 4.81. The highest BCUT2D eigenvalue weighted by Gasteiger charge is 1.93. The maximum absolute atomic E-state index is 8.14. The molecule has 0 aliphatic carbocycles. The molecule has 0 atom stereocenters. The molecular formula is C6H12ClNOS. The summed E-state index contributed by atoms with van der Waals surface area (Å²) in [5, 5.41) is 11.3. The molecule has 0 fully saturated rings. The minimum absolute atomic E-state index is 0.307. The Hall–Kier alpha value is 0.110. The lowest BCUT2D eigenvalue weighted by atomic mass is 10.3. The molecule has 0 aliphatic heterocycles. The lowest BCUT2D eigenvalue weighted by Crippen LogP contribution is -1.88. The van der Waals surface area contributed by atoms with Crippen molar-refractivity contribution in [1.29, 1.82) is 0 Å². The van der Waals surface area contributed by atoms with Crippen LogP contribution in [0.1, 0.15) is 19.3 Å². The lowest BCUT2D eigenvalue weighted by Gasteiger charge is -1.94. The summed E-state index contributed by atoms with van der Waals surface area (Å²) in [7, 11) is 0. The number of oxime groups is 1. The number of nitrogens with zero attached hydrogens (tertiary/aromatic N) is 1. The fraction of sp³-hybridized carbons (Fsp3) is 0.833. The first-order valence-corrected chi connectivity index (χ1v) is 4.93. The van der Waals surface area contributed by atoms with E-state index in [0.29, 0.717) is 11.6 Å². The van der Waals surface area contributed by atoms with E-state index in [2.05, 4.69) is 11.4 Å². The second kappa shape index (κ2) is 7.22. The number of unbranched alkanes of at least 4 members (excludes halogenated alkanes) is 1. The molecule has 1 N–H and O–H groups in total. The number of thioether (sulfide) groups is 1. The molecule has 4 heteroatoms. The molecule has 0 amide bonds. The molecule has 0 saturated heterocycles. The van der Waals surface area contributed by atoms with Gasteiger partial charge in [-0.1, -0.05) is 16.8 Å². The molecule has 0 saturated carbocycles. The first kappa shape index (κ1) is 10.1. The summed E-state index contributed by atoms with van der Waals surface area (Å²) in [6.07, 6.45) is 4.90. The van der Waals surface area contributed by atoms with E-state index in [4.69, 9.17) is 16.8 Å². The summed E-state index contributed by atoms with van der Waals surface area (Å²) < 4.78 is 0. The van der Waals surface area contributed by atoms with E-state index in [1.165, 1.54) is 0 Å². The summed E-state index contributed by atoms with van der Waals surface area (Å²) >= 11 is 7.25. The average Bonchev–Trinajstić information content (AvgIpc) is 1.98. The average molecular weight is 182 g/mol. The number of hydrogen-bond acceptors (Lipinski definition) is 3. The van der Waals surface area contributed by atoms with Gasteiger partial charge in [0, 0.05) is 6.42 Å². The van der Waals surface area contributed by atoms with E-state index in [0.717, 1.165) is 18.6 Å². The number of hydrogen-bond donors (Lipinski definition) is 1. The predicted molar refractivity (Wildman–Crippen MR) is 47.3 cm³/mol. The third-order valence-corrected chi connectivity index (χ3v) is 2.05. The van der Waals surface area contributed by atoms with Crippen LogP contribution in [0.5, 0.6) is 0 Å². The third kappa shape index (κ3) is 6.23. The van der Waals surface area contributed by atoms with Gasteiger partial charge >= 0.3 is 0 Å². The molecule has 0 aromatic carbocycles. The van der Waals surface area contributed by atoms with Gasteiger partial charge in [0.05, 0.1) is 0 Å². The fourth-order valence-corrected chi connectivity index (χ4v) is 1.19. The molecule has 0 heterocycles. The monoisotopic (exact) mass is 181 g/mol. The van der Waals surface area contributed by atoms with E-state index in [1.54, 1.807) is 0 Å². The molecule has 0 aromatic rings. The van der Waals surface area contributed by atoms with Crippen molar-refractivity contribution in [3.8, 4) is 0 Å². The lowest BCUT2D eigenvalue weighted by molar-refractivity contribution is 0.319. The van der Waals surface area contributed by atoms with Gasteiger partial charge in [-0.2, -0.15) is 11.8 Å². The van der Waals surface area contributed by atoms with Gasteiger partial charge in [-0.05, 0) is 24.9 Å². The van der Waals surface area contributed by atoms with Crippen molar-refractivity contribution in [2.24, 2.45) is 5.16 Å². The van der Waals surface area contributed by atoms with Crippen molar-refractivity contribution < 1.29 is 5.21 Å². The second-order valence-electron chi connectivity index (χ2n) is 1.93. The minimum atomic E-state index is 0.307. The smallest absolute Gasteiger partial charge is 0.145 e. The highest BCUT2D eigenvalue weighted by atomic mass is 35.5. The molecule has 2 nitrogen and oxygen atoms in total. The van der Waals surface area contributed by atoms with Gasteiger partial charge < -0.3 is 5.21 Å². The fourth-order valence-electron chi connectivity index (χ4n) is 0.567. The highest BCUT2D eigenvalue weighted by molar-refractivity contribution is 7.98. The van der Waals surface area contributed by atoms with Crippen LogP contribution in [-0.2, 0) is 0 Å². The van der Waals surface area contributed by atoms with Crippen LogP contribution in [0.2, 0.25) is 0 Å². The number of rotatable bonds is 5. The normalized spacial score (nSPS) is 12.0. The third-order valence-electron chi connectivity index (χ3n) is 1.09. The zero-order chi connectivity index (χ0) is 7.82. The van der Waals surface area contributed by atoms with Crippen LogP contribution in [0, 0.1) is 0 Å². The maximum Gasteiger partial charge on any atom is 0.145 e. The molecule has 0 bridgehead atoms. The Bertz CT molecular complexity index is 108. The quantitative estimate of drug-likeness (QED) is 0.306. The summed E-state index contributed by atoms with van der Waals surface area (Å²) in [5.74, 6) is 1.15. The first-order valence-electron chi connectivity index (χ1n) is 3.16. The van der Waals surface area contributed by atoms with E-state index in [-0.39, 0.29) is 0 Å². The predicted octanol–water partition coefficient (Wildman–Crippen LogP) is 2.55. The maximum atomic E-state index is 8.14. The zero-order valence-electron chi connectivity index (χ0n) is 6.01. The van der Waals surface area contributed by atoms with Gasteiger partial charge in [0.25, 0.3) is 0 Å². The zero-order valence-corrected chi connectivity index (χ0v) is 7.58. The molecule has 0 radical (unpaired) electrons. The van der Waals surface area contributed by atoms with Gasteiger partial charge in [-0.3, -0.25) is 0 Å². The van der Waals surface area contributed by atoms with E-state index < -0.39 is 0 Å². The van der Waals surface area contributed by atoms with Crippen molar-refractivity contribution in [2.75, 3.05) is 12.0 Å². The molecular weight excluding hydrogens is 170 g/mol. The molecule has 0 unspecified atom stereocenters. The Morgan fingerprint density at radius 2 is 2.30 bits per heavy atom. The standard InChI is InChI=1S/C6H12ClNOS/c1-10-5-3-2-4-6(7)8-9/h9H,2-5H2,1H3/b8-6+. The summed E-state index contributed by atoms with van der Waals surface area (Å²) in [6, 6.07) is 0. The van der Waals surface area contributed by atoms with Crippen molar-refractivity contribution >= 4 is 28.5 Å². The van der Waals surface area contributed by atoms with Crippen LogP contribution in [0.4, 0.5) is 0 Å². The van der Waals surface area contributed by atoms with E-state index in [1.807, 2.05) is 11.8 Å². The van der Waals surface area contributed by atoms with Crippen LogP contribution in [0.25, 0.3) is 0 Å². The van der Waals surface area contributed by atoms with Crippen molar-refractivity contribution in [3.05, 3.63) is 0 Å². The van der Waals surface area contributed by atoms with Crippen LogP contribution in [0.15, 0.2) is 5.16 Å². The van der Waals surface area contributed by atoms with E-state index in [9.17, 15) is 0 Å². The van der Waals surface area contributed by atoms with Gasteiger partial charge in [0.2, 0.25) is 0 Å². The summed E-state index contributed by atoms with van der Waals surface area (Å²) in [4.78, 5) is 0. The van der Waals surface area contributed by atoms with Crippen molar-refractivity contribution in [1.82, 2.24) is 0 Å². The SMILES string of the molecule is CSCCCC/C(Cl)=N\O. The van der Waals surface area contributed by atoms with Crippen molar-refractivity contribution in [2.45, 2.75) is 19.3 Å². The molecule has 60 valence electrons. The summed E-state index contributed by atoms with van der Waals surface area (Å²) in [6.45, 7) is 0. The van der Waals surface area contributed by atoms with Crippen molar-refractivity contribution in [3.63, 3.8) is 0 Å². The molecule has 0 aliphatic rings. The van der Waals surface area contributed by atoms with Crippen LogP contribution < -0.4 is 0 Å². The second-order valence-corrected chi connectivity index (χ2v) is 3.35. The van der Waals surface area contributed by atoms with Crippen LogP contribution >= 0.6 is 23.4 Å². The Balaban J connectivity index is 3.04. The highest BCUT2D eigenvalue weighted by Crippen LogP contribution is 2.04. The van der Waals surface area contributed by atoms with Gasteiger partial charge in [-0.25, -0.2) is 0 Å². The Morgan fingerprint density at radius 1 is 1.60 bits per heavy atom. The van der Waals surface area contributed by atoms with Gasteiger partial charge in [0.15, 0.2) is 0 Å². The Morgan fingerprint density at radius 3 is 2.80 bits per heavy atom. The molecule has 10 heavy (non-hydrogen) atoms. The minimum Gasteiger partial charge on any atom is -0.410 e. The van der Waals surface area contributed by atoms with E-state index >= 15 is 0 Å². The Labute approximate surface area is 70.6 Å². The molecule has 0 rings (SSSR count). The summed E-state index contributed by atoms with van der Waals surface area (Å²) in [5.41, 5.74) is 0. The molecule has 0 spiro atoms. The van der Waals surface area contributed by atoms with Gasteiger partial charge in [-0.15, -0.1) is 0 Å². The largest absolute Gasteiger partial charge is 0.410 e. The van der Waals surface area contributed by atoms with Gasteiger partial charge in [0.1, 0.15) is 5.17 Å². The van der Waals surface area contributed by atoms with Crippen LogP contribution in [-0.4, -0.2) is 22.4 Å². The Kier molecular flexibility index (Phi) is 7.30. The topological polar surface area (TPSA) is 32.6 Å².